The molecule has 0 saturated carbocycles. The third-order valence-electron chi connectivity index (χ3n) is 2.73. The third kappa shape index (κ3) is 2.62. The number of nitrogens with zero attached hydrogens (tertiary/aromatic N) is 2. The SMILES string of the molecule is O=C1CN(C(=O)c2cc(O)ccc2[N+](=O)[O-])CCN1. The Hall–Kier alpha value is -2.64. The van der Waals surface area contributed by atoms with E-state index >= 15 is 0 Å². The molecule has 0 atom stereocenters. The number of piperazine rings is 1. The molecule has 2 amide bonds. The number of aromatic hydroxyl groups is 1. The first kappa shape index (κ1) is 12.8. The number of nitro benzene ring substituents is 1. The summed E-state index contributed by atoms with van der Waals surface area (Å²) >= 11 is 0. The minimum atomic E-state index is -0.698. The molecule has 100 valence electrons. The van der Waals surface area contributed by atoms with Crippen LogP contribution < -0.4 is 5.32 Å². The van der Waals surface area contributed by atoms with Gasteiger partial charge in [0, 0.05) is 19.2 Å². The molecule has 8 heteroatoms. The van der Waals surface area contributed by atoms with Gasteiger partial charge < -0.3 is 15.3 Å². The Balaban J connectivity index is 2.34. The molecule has 0 aliphatic carbocycles. The Morgan fingerprint density at radius 2 is 2.21 bits per heavy atom. The van der Waals surface area contributed by atoms with Crippen molar-refractivity contribution in [3.8, 4) is 5.75 Å². The Morgan fingerprint density at radius 1 is 1.47 bits per heavy atom. The van der Waals surface area contributed by atoms with Gasteiger partial charge >= 0.3 is 0 Å². The van der Waals surface area contributed by atoms with Crippen LogP contribution in [0.4, 0.5) is 5.69 Å². The molecule has 2 rings (SSSR count). The van der Waals surface area contributed by atoms with Crippen LogP contribution in [-0.4, -0.2) is 46.4 Å². The second kappa shape index (κ2) is 4.92. The van der Waals surface area contributed by atoms with Crippen molar-refractivity contribution in [3.63, 3.8) is 0 Å². The quantitative estimate of drug-likeness (QED) is 0.571. The van der Waals surface area contributed by atoms with E-state index in [4.69, 9.17) is 0 Å². The van der Waals surface area contributed by atoms with Crippen molar-refractivity contribution < 1.29 is 19.6 Å². The first-order valence-corrected chi connectivity index (χ1v) is 5.52. The number of amides is 2. The number of hydrogen-bond donors (Lipinski definition) is 2. The molecule has 1 saturated heterocycles. The fourth-order valence-electron chi connectivity index (χ4n) is 1.84. The number of hydrogen-bond acceptors (Lipinski definition) is 5. The first-order chi connectivity index (χ1) is 8.99. The van der Waals surface area contributed by atoms with Gasteiger partial charge in [0.05, 0.1) is 11.5 Å². The lowest BCUT2D eigenvalue weighted by atomic mass is 10.1. The predicted octanol–water partition coefficient (Wildman–Crippen LogP) is -0.128. The maximum absolute atomic E-state index is 12.2. The molecular weight excluding hydrogens is 254 g/mol. The van der Waals surface area contributed by atoms with Gasteiger partial charge in [-0.25, -0.2) is 0 Å². The highest BCUT2D eigenvalue weighted by Gasteiger charge is 2.28. The van der Waals surface area contributed by atoms with Crippen molar-refractivity contribution in [1.29, 1.82) is 0 Å². The van der Waals surface area contributed by atoms with E-state index in [0.29, 0.717) is 6.54 Å². The van der Waals surface area contributed by atoms with Crippen molar-refractivity contribution in [3.05, 3.63) is 33.9 Å². The maximum Gasteiger partial charge on any atom is 0.282 e. The van der Waals surface area contributed by atoms with Gasteiger partial charge in [0.25, 0.3) is 11.6 Å². The van der Waals surface area contributed by atoms with Crippen molar-refractivity contribution in [2.24, 2.45) is 0 Å². The summed E-state index contributed by atoms with van der Waals surface area (Å²) < 4.78 is 0. The van der Waals surface area contributed by atoms with Gasteiger partial charge in [0.1, 0.15) is 11.3 Å². The molecule has 2 N–H and O–H groups in total. The van der Waals surface area contributed by atoms with Crippen LogP contribution in [0.25, 0.3) is 0 Å². The van der Waals surface area contributed by atoms with Crippen molar-refractivity contribution in [2.45, 2.75) is 0 Å². The number of carbonyl (C=O) groups is 2. The van der Waals surface area contributed by atoms with E-state index in [1.807, 2.05) is 0 Å². The molecule has 0 spiro atoms. The van der Waals surface area contributed by atoms with Crippen LogP contribution >= 0.6 is 0 Å². The van der Waals surface area contributed by atoms with Gasteiger partial charge in [-0.2, -0.15) is 0 Å². The molecule has 1 heterocycles. The zero-order chi connectivity index (χ0) is 14.0. The first-order valence-electron chi connectivity index (χ1n) is 5.52. The van der Waals surface area contributed by atoms with Gasteiger partial charge in [0.2, 0.25) is 5.91 Å². The molecule has 0 unspecified atom stereocenters. The highest BCUT2D eigenvalue weighted by Crippen LogP contribution is 2.24. The van der Waals surface area contributed by atoms with Gasteiger partial charge in [-0.3, -0.25) is 19.7 Å². The van der Waals surface area contributed by atoms with Gasteiger partial charge in [-0.05, 0) is 12.1 Å². The fourth-order valence-corrected chi connectivity index (χ4v) is 1.84. The number of carbonyl (C=O) groups excluding carboxylic acids is 2. The van der Waals surface area contributed by atoms with E-state index in [9.17, 15) is 24.8 Å². The van der Waals surface area contributed by atoms with Crippen LogP contribution in [-0.2, 0) is 4.79 Å². The van der Waals surface area contributed by atoms with E-state index in [0.717, 1.165) is 18.2 Å². The zero-order valence-corrected chi connectivity index (χ0v) is 9.83. The molecule has 0 radical (unpaired) electrons. The lowest BCUT2D eigenvalue weighted by Gasteiger charge is -2.26. The van der Waals surface area contributed by atoms with Gasteiger partial charge in [-0.15, -0.1) is 0 Å². The zero-order valence-electron chi connectivity index (χ0n) is 9.83. The maximum atomic E-state index is 12.2. The molecular formula is C11H11N3O5. The summed E-state index contributed by atoms with van der Waals surface area (Å²) in [4.78, 5) is 34.7. The second-order valence-electron chi connectivity index (χ2n) is 4.04. The van der Waals surface area contributed by atoms with Crippen LogP contribution in [0.1, 0.15) is 10.4 Å². The minimum Gasteiger partial charge on any atom is -0.508 e. The fraction of sp³-hybridized carbons (Fsp3) is 0.273. The molecule has 19 heavy (non-hydrogen) atoms. The van der Waals surface area contributed by atoms with Crippen molar-refractivity contribution in [1.82, 2.24) is 10.2 Å². The van der Waals surface area contributed by atoms with Crippen molar-refractivity contribution >= 4 is 17.5 Å². The Morgan fingerprint density at radius 3 is 2.84 bits per heavy atom. The van der Waals surface area contributed by atoms with Crippen LogP contribution in [0.2, 0.25) is 0 Å². The number of benzene rings is 1. The molecule has 1 aliphatic rings. The lowest BCUT2D eigenvalue weighted by Crippen LogP contribution is -2.50. The highest BCUT2D eigenvalue weighted by atomic mass is 16.6. The van der Waals surface area contributed by atoms with E-state index in [1.165, 1.54) is 4.90 Å². The summed E-state index contributed by atoms with van der Waals surface area (Å²) in [7, 11) is 0. The number of nitrogens with one attached hydrogen (secondary N) is 1. The Labute approximate surface area is 107 Å². The van der Waals surface area contributed by atoms with E-state index in [-0.39, 0.29) is 30.3 Å². The number of phenols is 1. The Bertz CT molecular complexity index is 557. The molecule has 1 aromatic carbocycles. The van der Waals surface area contributed by atoms with Crippen LogP contribution in [0, 0.1) is 10.1 Å². The number of phenolic OH excluding ortho intramolecular Hbond substituents is 1. The summed E-state index contributed by atoms with van der Waals surface area (Å²) in [5.41, 5.74) is -0.617. The number of rotatable bonds is 2. The number of nitro groups is 1. The van der Waals surface area contributed by atoms with E-state index < -0.39 is 16.5 Å². The molecule has 1 aromatic rings. The monoisotopic (exact) mass is 265 g/mol. The topological polar surface area (TPSA) is 113 Å². The summed E-state index contributed by atoms with van der Waals surface area (Å²) in [5, 5.41) is 22.8. The molecule has 0 bridgehead atoms. The largest absolute Gasteiger partial charge is 0.508 e. The van der Waals surface area contributed by atoms with Crippen molar-refractivity contribution in [2.75, 3.05) is 19.6 Å². The van der Waals surface area contributed by atoms with Crippen LogP contribution in [0.15, 0.2) is 18.2 Å². The highest BCUT2D eigenvalue weighted by molar-refractivity contribution is 6.00. The Kier molecular flexibility index (Phi) is 3.32. The molecule has 8 nitrogen and oxygen atoms in total. The van der Waals surface area contributed by atoms with E-state index in [1.54, 1.807) is 0 Å². The van der Waals surface area contributed by atoms with Crippen LogP contribution in [0.3, 0.4) is 0 Å². The van der Waals surface area contributed by atoms with Gasteiger partial charge in [-0.1, -0.05) is 0 Å². The van der Waals surface area contributed by atoms with Crippen LogP contribution in [0.5, 0.6) is 5.75 Å². The standard InChI is InChI=1S/C11H11N3O5/c15-7-1-2-9(14(18)19)8(5-7)11(17)13-4-3-12-10(16)6-13/h1-2,5,15H,3-4,6H2,(H,12,16). The molecule has 0 aromatic heterocycles. The average Bonchev–Trinajstić information content (AvgIpc) is 2.37. The van der Waals surface area contributed by atoms with Gasteiger partial charge in [0.15, 0.2) is 0 Å². The second-order valence-corrected chi connectivity index (χ2v) is 4.04. The average molecular weight is 265 g/mol. The third-order valence-corrected chi connectivity index (χ3v) is 2.73. The molecule has 1 aliphatic heterocycles. The minimum absolute atomic E-state index is 0.147. The summed E-state index contributed by atoms with van der Waals surface area (Å²) in [6, 6.07) is 3.23. The normalized spacial score (nSPS) is 14.9. The summed E-state index contributed by atoms with van der Waals surface area (Å²) in [5.74, 6) is -1.20. The smallest absolute Gasteiger partial charge is 0.282 e. The molecule has 1 fully saturated rings. The summed E-state index contributed by atoms with van der Waals surface area (Å²) in [6.07, 6.45) is 0. The predicted molar refractivity (Wildman–Crippen MR) is 63.7 cm³/mol. The lowest BCUT2D eigenvalue weighted by molar-refractivity contribution is -0.385. The van der Waals surface area contributed by atoms with E-state index in [2.05, 4.69) is 5.32 Å². The summed E-state index contributed by atoms with van der Waals surface area (Å²) in [6.45, 7) is 0.431.